The fourth-order valence-electron chi connectivity index (χ4n) is 4.88. The number of carbonyl (C=O) groups is 1. The number of hydrogen-bond acceptors (Lipinski definition) is 8. The van der Waals surface area contributed by atoms with Crippen LogP contribution in [0.5, 0.6) is 11.5 Å². The lowest BCUT2D eigenvalue weighted by Gasteiger charge is -2.35. The van der Waals surface area contributed by atoms with Crippen LogP contribution < -0.4 is 9.47 Å². The topological polar surface area (TPSA) is 102 Å². The van der Waals surface area contributed by atoms with Crippen LogP contribution in [0, 0.1) is 0 Å². The van der Waals surface area contributed by atoms with E-state index < -0.39 is 9.84 Å². The molecule has 0 bridgehead atoms. The van der Waals surface area contributed by atoms with Crippen molar-refractivity contribution in [3.05, 3.63) is 89.9 Å². The van der Waals surface area contributed by atoms with Gasteiger partial charge in [-0.1, -0.05) is 24.3 Å². The molecule has 0 atom stereocenters. The molecule has 2 aromatic heterocycles. The lowest BCUT2D eigenvalue weighted by Crippen LogP contribution is -2.48. The summed E-state index contributed by atoms with van der Waals surface area (Å²) in [5, 5.41) is 0.761. The Morgan fingerprint density at radius 1 is 0.923 bits per heavy atom. The van der Waals surface area contributed by atoms with E-state index in [0.29, 0.717) is 55.1 Å². The molecule has 4 aromatic rings. The van der Waals surface area contributed by atoms with Gasteiger partial charge in [0.15, 0.2) is 9.84 Å². The molecule has 0 unspecified atom stereocenters. The molecule has 0 N–H and O–H groups in total. The van der Waals surface area contributed by atoms with E-state index in [2.05, 4.69) is 14.9 Å². The van der Waals surface area contributed by atoms with E-state index in [9.17, 15) is 13.2 Å². The Morgan fingerprint density at radius 2 is 1.69 bits per heavy atom. The van der Waals surface area contributed by atoms with E-state index in [-0.39, 0.29) is 16.6 Å². The fraction of sp³-hybridized carbons (Fsp3) is 0.276. The Balaban J connectivity index is 1.28. The number of nitrogens with zero attached hydrogens (tertiary/aromatic N) is 4. The van der Waals surface area contributed by atoms with E-state index >= 15 is 0 Å². The standard InChI is InChI=1S/C29H30N4O5S/c1-37-25-10-12-30-18-23(25)19-32-13-15-33(16-14-32)29(34)24-9-8-21(17-26(24)38-2)20-39(35,36)27-7-3-5-22-6-4-11-31-28(22)27/h3-12,17-18H,13-16,19-20H2,1-2H3. The van der Waals surface area contributed by atoms with Gasteiger partial charge >= 0.3 is 0 Å². The van der Waals surface area contributed by atoms with Crippen molar-refractivity contribution in [2.24, 2.45) is 0 Å². The van der Waals surface area contributed by atoms with Gasteiger partial charge in [0.2, 0.25) is 0 Å². The SMILES string of the molecule is COc1ccncc1CN1CCN(C(=O)c2ccc(CS(=O)(=O)c3cccc4cccnc34)cc2OC)CC1. The van der Waals surface area contributed by atoms with Crippen LogP contribution in [0.2, 0.25) is 0 Å². The lowest BCUT2D eigenvalue weighted by molar-refractivity contribution is 0.0624. The summed E-state index contributed by atoms with van der Waals surface area (Å²) in [6.45, 7) is 3.24. The maximum atomic E-state index is 13.4. The van der Waals surface area contributed by atoms with Gasteiger partial charge in [0, 0.05) is 62.3 Å². The van der Waals surface area contributed by atoms with Crippen LogP contribution in [0.4, 0.5) is 0 Å². The van der Waals surface area contributed by atoms with Gasteiger partial charge in [-0.3, -0.25) is 19.7 Å². The van der Waals surface area contributed by atoms with Gasteiger partial charge in [0.25, 0.3) is 5.91 Å². The largest absolute Gasteiger partial charge is 0.496 e. The second kappa shape index (κ2) is 11.4. The van der Waals surface area contributed by atoms with Crippen molar-refractivity contribution in [2.45, 2.75) is 17.2 Å². The number of amides is 1. The monoisotopic (exact) mass is 546 g/mol. The van der Waals surface area contributed by atoms with Crippen LogP contribution in [-0.4, -0.2) is 74.5 Å². The smallest absolute Gasteiger partial charge is 0.257 e. The molecule has 1 aliphatic rings. The van der Waals surface area contributed by atoms with Gasteiger partial charge in [0.1, 0.15) is 11.5 Å². The van der Waals surface area contributed by atoms with Crippen LogP contribution in [0.1, 0.15) is 21.5 Å². The number of ether oxygens (including phenoxy) is 2. The number of para-hydroxylation sites is 1. The molecule has 0 spiro atoms. The van der Waals surface area contributed by atoms with Crippen LogP contribution >= 0.6 is 0 Å². The van der Waals surface area contributed by atoms with Crippen molar-refractivity contribution >= 4 is 26.6 Å². The number of aromatic nitrogens is 2. The summed E-state index contributed by atoms with van der Waals surface area (Å²) in [5.74, 6) is 0.778. The summed E-state index contributed by atoms with van der Waals surface area (Å²) in [4.78, 5) is 26.1. The first-order valence-corrected chi connectivity index (χ1v) is 14.3. The zero-order valence-electron chi connectivity index (χ0n) is 21.9. The summed E-state index contributed by atoms with van der Waals surface area (Å²) in [6, 6.07) is 15.5. The van der Waals surface area contributed by atoms with E-state index in [1.54, 1.807) is 67.0 Å². The van der Waals surface area contributed by atoms with E-state index in [1.807, 2.05) is 18.2 Å². The summed E-state index contributed by atoms with van der Waals surface area (Å²) in [5.41, 5.74) is 2.39. The van der Waals surface area contributed by atoms with Gasteiger partial charge in [-0.05, 0) is 35.9 Å². The third-order valence-corrected chi connectivity index (χ3v) is 8.63. The Labute approximate surface area is 227 Å². The second-order valence-corrected chi connectivity index (χ2v) is 11.3. The number of carbonyl (C=O) groups excluding carboxylic acids is 1. The van der Waals surface area contributed by atoms with Crippen molar-refractivity contribution in [2.75, 3.05) is 40.4 Å². The van der Waals surface area contributed by atoms with Crippen LogP contribution in [0.15, 0.2) is 78.1 Å². The van der Waals surface area contributed by atoms with E-state index in [0.717, 1.165) is 16.7 Å². The van der Waals surface area contributed by atoms with Crippen LogP contribution in [-0.2, 0) is 22.1 Å². The molecule has 3 heterocycles. The van der Waals surface area contributed by atoms with Crippen molar-refractivity contribution in [3.63, 3.8) is 0 Å². The quantitative estimate of drug-likeness (QED) is 0.331. The summed E-state index contributed by atoms with van der Waals surface area (Å²) >= 11 is 0. The summed E-state index contributed by atoms with van der Waals surface area (Å²) in [7, 11) is -0.560. The molecule has 0 saturated carbocycles. The normalized spacial score (nSPS) is 14.4. The van der Waals surface area contributed by atoms with Crippen molar-refractivity contribution < 1.29 is 22.7 Å². The Morgan fingerprint density at radius 3 is 2.46 bits per heavy atom. The minimum absolute atomic E-state index is 0.141. The minimum atomic E-state index is -3.69. The number of piperazine rings is 1. The van der Waals surface area contributed by atoms with Gasteiger partial charge in [0.05, 0.1) is 35.9 Å². The average Bonchev–Trinajstić information content (AvgIpc) is 2.97. The van der Waals surface area contributed by atoms with Crippen molar-refractivity contribution in [1.29, 1.82) is 0 Å². The predicted molar refractivity (Wildman–Crippen MR) is 148 cm³/mol. The number of methoxy groups -OCH3 is 2. The number of benzene rings is 2. The number of fused-ring (bicyclic) bond motifs is 1. The van der Waals surface area contributed by atoms with Crippen LogP contribution in [0.3, 0.4) is 0 Å². The fourth-order valence-corrected chi connectivity index (χ4v) is 6.40. The predicted octanol–water partition coefficient (Wildman–Crippen LogP) is 3.58. The molecule has 1 fully saturated rings. The zero-order valence-corrected chi connectivity index (χ0v) is 22.7. The van der Waals surface area contributed by atoms with Crippen molar-refractivity contribution in [3.8, 4) is 11.5 Å². The molecule has 39 heavy (non-hydrogen) atoms. The number of pyridine rings is 2. The highest BCUT2D eigenvalue weighted by Gasteiger charge is 2.26. The van der Waals surface area contributed by atoms with Gasteiger partial charge in [-0.2, -0.15) is 0 Å². The first-order valence-electron chi connectivity index (χ1n) is 12.6. The number of sulfone groups is 1. The van der Waals surface area contributed by atoms with Gasteiger partial charge in [-0.25, -0.2) is 8.42 Å². The summed E-state index contributed by atoms with van der Waals surface area (Å²) < 4.78 is 37.6. The van der Waals surface area contributed by atoms with Gasteiger partial charge < -0.3 is 14.4 Å². The summed E-state index contributed by atoms with van der Waals surface area (Å²) in [6.07, 6.45) is 5.09. The molecule has 1 aliphatic heterocycles. The average molecular weight is 547 g/mol. The molecule has 202 valence electrons. The molecule has 0 aliphatic carbocycles. The molecular formula is C29H30N4O5S. The molecule has 9 nitrogen and oxygen atoms in total. The molecule has 0 radical (unpaired) electrons. The highest BCUT2D eigenvalue weighted by molar-refractivity contribution is 7.90. The Kier molecular flexibility index (Phi) is 7.76. The Hall–Kier alpha value is -4.02. The molecular weight excluding hydrogens is 516 g/mol. The lowest BCUT2D eigenvalue weighted by atomic mass is 10.1. The maximum Gasteiger partial charge on any atom is 0.257 e. The first-order chi connectivity index (χ1) is 18.9. The molecule has 5 rings (SSSR count). The highest BCUT2D eigenvalue weighted by atomic mass is 32.2. The molecule has 1 saturated heterocycles. The third-order valence-electron chi connectivity index (χ3n) is 6.92. The van der Waals surface area contributed by atoms with Gasteiger partial charge in [-0.15, -0.1) is 0 Å². The number of rotatable bonds is 8. The maximum absolute atomic E-state index is 13.4. The molecule has 10 heteroatoms. The minimum Gasteiger partial charge on any atom is -0.496 e. The van der Waals surface area contributed by atoms with E-state index in [4.69, 9.17) is 9.47 Å². The van der Waals surface area contributed by atoms with E-state index in [1.165, 1.54) is 7.11 Å². The first kappa shape index (κ1) is 26.6. The number of hydrogen-bond donors (Lipinski definition) is 0. The zero-order chi connectivity index (χ0) is 27.4. The molecule has 1 amide bonds. The van der Waals surface area contributed by atoms with Crippen LogP contribution in [0.25, 0.3) is 10.9 Å². The van der Waals surface area contributed by atoms with Crippen molar-refractivity contribution in [1.82, 2.24) is 19.8 Å². The second-order valence-electron chi connectivity index (χ2n) is 9.38. The highest BCUT2D eigenvalue weighted by Crippen LogP contribution is 2.28. The molecule has 2 aromatic carbocycles. The third kappa shape index (κ3) is 5.71. The Bertz CT molecular complexity index is 1600.